The molecule has 0 bridgehead atoms. The molecule has 0 saturated carbocycles. The Morgan fingerprint density at radius 1 is 1.17 bits per heavy atom. The molecule has 1 amide bonds. The molecular weight excluding hydrogens is 364 g/mol. The molecule has 1 heterocycles. The van der Waals surface area contributed by atoms with Gasteiger partial charge in [-0.2, -0.15) is 0 Å². The van der Waals surface area contributed by atoms with Gasteiger partial charge in [0.15, 0.2) is 0 Å². The number of likely N-dealkylation sites (tertiary alicyclic amines) is 1. The number of rotatable bonds is 12. The number of nitrogens with one attached hydrogen (secondary N) is 1. The number of hydrogen-bond acceptors (Lipinski definition) is 4. The molecule has 0 aromatic heterocycles. The van der Waals surface area contributed by atoms with Crippen LogP contribution < -0.4 is 10.1 Å². The van der Waals surface area contributed by atoms with Crippen LogP contribution in [0.25, 0.3) is 0 Å². The van der Waals surface area contributed by atoms with Gasteiger partial charge in [0.25, 0.3) is 5.91 Å². The molecule has 1 aliphatic rings. The predicted octanol–water partition coefficient (Wildman–Crippen LogP) is 5.11. The Kier molecular flexibility index (Phi) is 9.95. The van der Waals surface area contributed by atoms with E-state index in [0.717, 1.165) is 49.6 Å². The standard InChI is InChI=1S/C24H40N2O3/c1-5-7-8-15-24(4,29-6-2)23(27)25-21-9-11-22(12-10-21)28-19-18-26-16-13-20(3)14-17-26/h9-12,20H,5-8,13-19H2,1-4H3,(H,25,27). The van der Waals surface area contributed by atoms with E-state index < -0.39 is 5.60 Å². The van der Waals surface area contributed by atoms with Crippen molar-refractivity contribution in [3.8, 4) is 5.75 Å². The number of carbonyl (C=O) groups excluding carboxylic acids is 1. The fourth-order valence-electron chi connectivity index (χ4n) is 3.76. The largest absolute Gasteiger partial charge is 0.492 e. The lowest BCUT2D eigenvalue weighted by atomic mass is 9.96. The highest BCUT2D eigenvalue weighted by Crippen LogP contribution is 2.23. The lowest BCUT2D eigenvalue weighted by molar-refractivity contribution is -0.139. The highest BCUT2D eigenvalue weighted by atomic mass is 16.5. The minimum atomic E-state index is -0.787. The van der Waals surface area contributed by atoms with Crippen molar-refractivity contribution in [2.75, 3.05) is 38.2 Å². The van der Waals surface area contributed by atoms with Crippen molar-refractivity contribution in [1.82, 2.24) is 4.90 Å². The van der Waals surface area contributed by atoms with Gasteiger partial charge in [0.2, 0.25) is 0 Å². The van der Waals surface area contributed by atoms with Gasteiger partial charge in [-0.15, -0.1) is 0 Å². The molecular formula is C24H40N2O3. The van der Waals surface area contributed by atoms with Crippen molar-refractivity contribution in [3.05, 3.63) is 24.3 Å². The molecule has 1 fully saturated rings. The molecule has 2 rings (SSSR count). The van der Waals surface area contributed by atoms with Gasteiger partial charge in [-0.1, -0.05) is 33.1 Å². The quantitative estimate of drug-likeness (QED) is 0.492. The number of hydrogen-bond donors (Lipinski definition) is 1. The molecule has 0 radical (unpaired) electrons. The summed E-state index contributed by atoms with van der Waals surface area (Å²) in [6, 6.07) is 7.63. The average molecular weight is 405 g/mol. The Balaban J connectivity index is 1.80. The minimum absolute atomic E-state index is 0.0801. The molecule has 1 aromatic carbocycles. The maximum absolute atomic E-state index is 12.8. The van der Waals surface area contributed by atoms with Crippen molar-refractivity contribution in [1.29, 1.82) is 0 Å². The third kappa shape index (κ3) is 7.98. The number of carbonyl (C=O) groups is 1. The van der Waals surface area contributed by atoms with Gasteiger partial charge < -0.3 is 14.8 Å². The average Bonchev–Trinajstić information content (AvgIpc) is 2.71. The summed E-state index contributed by atoms with van der Waals surface area (Å²) in [6.45, 7) is 12.8. The molecule has 164 valence electrons. The Morgan fingerprint density at radius 3 is 2.48 bits per heavy atom. The maximum atomic E-state index is 12.8. The fourth-order valence-corrected chi connectivity index (χ4v) is 3.76. The van der Waals surface area contributed by atoms with Gasteiger partial charge in [0.1, 0.15) is 18.0 Å². The van der Waals surface area contributed by atoms with Gasteiger partial charge in [-0.05, 0) is 76.4 Å². The Hall–Kier alpha value is -1.59. The molecule has 1 aromatic rings. The Morgan fingerprint density at radius 2 is 1.86 bits per heavy atom. The van der Waals surface area contributed by atoms with Crippen molar-refractivity contribution in [2.45, 2.75) is 71.8 Å². The van der Waals surface area contributed by atoms with E-state index in [2.05, 4.69) is 24.1 Å². The lowest BCUT2D eigenvalue weighted by Gasteiger charge is -2.30. The minimum Gasteiger partial charge on any atom is -0.492 e. The van der Waals surface area contributed by atoms with Crippen LogP contribution in [0, 0.1) is 5.92 Å². The van der Waals surface area contributed by atoms with Crippen molar-refractivity contribution in [2.24, 2.45) is 5.92 Å². The van der Waals surface area contributed by atoms with Crippen LogP contribution in [-0.4, -0.2) is 49.3 Å². The molecule has 29 heavy (non-hydrogen) atoms. The topological polar surface area (TPSA) is 50.8 Å². The number of amides is 1. The maximum Gasteiger partial charge on any atom is 0.256 e. The first kappa shape index (κ1) is 23.7. The fraction of sp³-hybridized carbons (Fsp3) is 0.708. The third-order valence-corrected chi connectivity index (χ3v) is 5.87. The predicted molar refractivity (Wildman–Crippen MR) is 120 cm³/mol. The van der Waals surface area contributed by atoms with Crippen LogP contribution >= 0.6 is 0 Å². The second-order valence-electron chi connectivity index (χ2n) is 8.47. The first-order valence-electron chi connectivity index (χ1n) is 11.4. The van der Waals surface area contributed by atoms with E-state index in [1.165, 1.54) is 25.9 Å². The van der Waals surface area contributed by atoms with E-state index in [1.807, 2.05) is 38.1 Å². The third-order valence-electron chi connectivity index (χ3n) is 5.87. The van der Waals surface area contributed by atoms with Crippen molar-refractivity contribution >= 4 is 11.6 Å². The molecule has 5 heteroatoms. The first-order chi connectivity index (χ1) is 14.0. The summed E-state index contributed by atoms with van der Waals surface area (Å²) >= 11 is 0. The van der Waals surface area contributed by atoms with E-state index in [-0.39, 0.29) is 5.91 Å². The highest BCUT2D eigenvalue weighted by molar-refractivity contribution is 5.97. The van der Waals surface area contributed by atoms with Crippen molar-refractivity contribution in [3.63, 3.8) is 0 Å². The zero-order valence-corrected chi connectivity index (χ0v) is 18.8. The number of ether oxygens (including phenoxy) is 2. The molecule has 1 N–H and O–H groups in total. The second kappa shape index (κ2) is 12.2. The summed E-state index contributed by atoms with van der Waals surface area (Å²) in [5.41, 5.74) is -0.0146. The van der Waals surface area contributed by atoms with Gasteiger partial charge in [-0.25, -0.2) is 0 Å². The number of unbranched alkanes of at least 4 members (excludes halogenated alkanes) is 2. The number of nitrogens with zero attached hydrogens (tertiary/aromatic N) is 1. The van der Waals surface area contributed by atoms with E-state index in [9.17, 15) is 4.79 Å². The SMILES string of the molecule is CCCCCC(C)(OCC)C(=O)Nc1ccc(OCCN2CCC(C)CC2)cc1. The smallest absolute Gasteiger partial charge is 0.256 e. The zero-order chi connectivity index (χ0) is 21.1. The lowest BCUT2D eigenvalue weighted by Crippen LogP contribution is -2.42. The van der Waals surface area contributed by atoms with E-state index in [4.69, 9.17) is 9.47 Å². The van der Waals surface area contributed by atoms with Crippen LogP contribution in [-0.2, 0) is 9.53 Å². The molecule has 1 unspecified atom stereocenters. The van der Waals surface area contributed by atoms with Crippen LogP contribution in [0.3, 0.4) is 0 Å². The molecule has 1 saturated heterocycles. The van der Waals surface area contributed by atoms with Crippen LogP contribution in [0.4, 0.5) is 5.69 Å². The summed E-state index contributed by atoms with van der Waals surface area (Å²) in [6.07, 6.45) is 6.53. The number of benzene rings is 1. The van der Waals surface area contributed by atoms with Gasteiger partial charge in [-0.3, -0.25) is 9.69 Å². The second-order valence-corrected chi connectivity index (χ2v) is 8.47. The van der Waals surface area contributed by atoms with Crippen molar-refractivity contribution < 1.29 is 14.3 Å². The van der Waals surface area contributed by atoms with Gasteiger partial charge in [0.05, 0.1) is 0 Å². The highest BCUT2D eigenvalue weighted by Gasteiger charge is 2.33. The van der Waals surface area contributed by atoms with Crippen LogP contribution in [0.15, 0.2) is 24.3 Å². The van der Waals surface area contributed by atoms with E-state index >= 15 is 0 Å². The first-order valence-corrected chi connectivity index (χ1v) is 11.4. The molecule has 1 atom stereocenters. The molecule has 5 nitrogen and oxygen atoms in total. The van der Waals surface area contributed by atoms with Gasteiger partial charge in [0, 0.05) is 18.8 Å². The summed E-state index contributed by atoms with van der Waals surface area (Å²) in [5, 5.41) is 3.01. The van der Waals surface area contributed by atoms with E-state index in [1.54, 1.807) is 0 Å². The summed E-state index contributed by atoms with van der Waals surface area (Å²) in [7, 11) is 0. The summed E-state index contributed by atoms with van der Waals surface area (Å²) in [4.78, 5) is 15.3. The molecule has 0 spiro atoms. The number of piperidine rings is 1. The Labute approximate surface area is 177 Å². The molecule has 0 aliphatic carbocycles. The number of anilines is 1. The normalized spacial score (nSPS) is 17.7. The Bertz CT molecular complexity index is 597. The van der Waals surface area contributed by atoms with Gasteiger partial charge >= 0.3 is 0 Å². The van der Waals surface area contributed by atoms with Crippen LogP contribution in [0.1, 0.15) is 66.2 Å². The zero-order valence-electron chi connectivity index (χ0n) is 18.8. The summed E-state index contributed by atoms with van der Waals surface area (Å²) in [5.74, 6) is 1.61. The van der Waals surface area contributed by atoms with Crippen LogP contribution in [0.5, 0.6) is 5.75 Å². The molecule has 1 aliphatic heterocycles. The van der Waals surface area contributed by atoms with Crippen LogP contribution in [0.2, 0.25) is 0 Å². The van der Waals surface area contributed by atoms with E-state index in [0.29, 0.717) is 13.2 Å². The monoisotopic (exact) mass is 404 g/mol. The summed E-state index contributed by atoms with van der Waals surface area (Å²) < 4.78 is 11.7.